The van der Waals surface area contributed by atoms with Crippen molar-refractivity contribution < 1.29 is 8.78 Å². The van der Waals surface area contributed by atoms with Crippen LogP contribution in [0, 0.1) is 17.8 Å². The molecule has 0 aromatic rings. The average Bonchev–Trinajstić information content (AvgIpc) is 1.94. The van der Waals surface area contributed by atoms with Crippen LogP contribution >= 0.6 is 0 Å². The van der Waals surface area contributed by atoms with Crippen LogP contribution in [0.15, 0.2) is 0 Å². The molecule has 2 atom stereocenters. The van der Waals surface area contributed by atoms with Gasteiger partial charge in [-0.1, -0.05) is 20.8 Å². The summed E-state index contributed by atoms with van der Waals surface area (Å²) in [4.78, 5) is 0. The van der Waals surface area contributed by atoms with Crippen LogP contribution in [0.25, 0.3) is 0 Å². The van der Waals surface area contributed by atoms with E-state index >= 15 is 0 Å². The van der Waals surface area contributed by atoms with Crippen molar-refractivity contribution in [2.75, 3.05) is 0 Å². The van der Waals surface area contributed by atoms with Gasteiger partial charge in [0, 0.05) is 12.3 Å². The maximum Gasteiger partial charge on any atom is 0.250 e. The second kappa shape index (κ2) is 3.31. The van der Waals surface area contributed by atoms with Crippen molar-refractivity contribution >= 4 is 0 Å². The van der Waals surface area contributed by atoms with Crippen molar-refractivity contribution in [2.45, 2.75) is 46.0 Å². The molecule has 0 aromatic carbocycles. The Morgan fingerprint density at radius 2 is 1.92 bits per heavy atom. The predicted octanol–water partition coefficient (Wildman–Crippen LogP) is 3.71. The molecule has 2 heteroatoms. The van der Waals surface area contributed by atoms with E-state index in [1.54, 1.807) is 6.92 Å². The highest BCUT2D eigenvalue weighted by Gasteiger charge is 2.44. The fourth-order valence-corrected chi connectivity index (χ4v) is 2.28. The summed E-state index contributed by atoms with van der Waals surface area (Å²) in [6, 6.07) is 0. The number of rotatable bonds is 1. The lowest BCUT2D eigenvalue weighted by Gasteiger charge is -2.37. The van der Waals surface area contributed by atoms with E-state index in [0.29, 0.717) is 12.3 Å². The van der Waals surface area contributed by atoms with Gasteiger partial charge in [-0.3, -0.25) is 0 Å². The zero-order chi connectivity index (χ0) is 9.35. The minimum absolute atomic E-state index is 0.0946. The molecule has 72 valence electrons. The first kappa shape index (κ1) is 9.94. The van der Waals surface area contributed by atoms with Crippen LogP contribution in [0.3, 0.4) is 0 Å². The summed E-state index contributed by atoms with van der Waals surface area (Å²) < 4.78 is 26.4. The molecule has 0 aliphatic heterocycles. The molecule has 0 bridgehead atoms. The number of hydrogen-bond acceptors (Lipinski definition) is 0. The zero-order valence-electron chi connectivity index (χ0n) is 8.11. The highest BCUT2D eigenvalue weighted by atomic mass is 19.3. The molecule has 1 saturated carbocycles. The molecule has 0 radical (unpaired) electrons. The lowest BCUT2D eigenvalue weighted by molar-refractivity contribution is -0.110. The molecule has 0 heterocycles. The van der Waals surface area contributed by atoms with Crippen LogP contribution in [0.2, 0.25) is 0 Å². The van der Waals surface area contributed by atoms with Crippen molar-refractivity contribution in [3.05, 3.63) is 0 Å². The Morgan fingerprint density at radius 3 is 2.33 bits per heavy atom. The van der Waals surface area contributed by atoms with Crippen LogP contribution in [0.1, 0.15) is 40.0 Å². The van der Waals surface area contributed by atoms with E-state index in [9.17, 15) is 8.78 Å². The van der Waals surface area contributed by atoms with Crippen LogP contribution in [-0.4, -0.2) is 5.92 Å². The molecule has 0 amide bonds. The highest BCUT2D eigenvalue weighted by Crippen LogP contribution is 2.44. The predicted molar refractivity (Wildman–Crippen MR) is 46.3 cm³/mol. The Bertz CT molecular complexity index is 152. The topological polar surface area (TPSA) is 0 Å². The van der Waals surface area contributed by atoms with Crippen molar-refractivity contribution in [3.63, 3.8) is 0 Å². The normalized spacial score (nSPS) is 35.5. The van der Waals surface area contributed by atoms with E-state index in [2.05, 4.69) is 0 Å². The van der Waals surface area contributed by atoms with Gasteiger partial charge in [-0.25, -0.2) is 8.78 Å². The van der Waals surface area contributed by atoms with Crippen LogP contribution in [0.4, 0.5) is 8.78 Å². The Kier molecular flexibility index (Phi) is 2.74. The lowest BCUT2D eigenvalue weighted by Crippen LogP contribution is -2.38. The standard InChI is InChI=1S/C10H18F2/c1-7(2)9-5-4-6-10(11,12)8(9)3/h7-9H,4-6H2,1-3H3/t8-,9+/m1/s1. The molecule has 0 spiro atoms. The van der Waals surface area contributed by atoms with Crippen LogP contribution < -0.4 is 0 Å². The van der Waals surface area contributed by atoms with Gasteiger partial charge in [0.2, 0.25) is 0 Å². The lowest BCUT2D eigenvalue weighted by atomic mass is 9.72. The summed E-state index contributed by atoms with van der Waals surface area (Å²) in [5.41, 5.74) is 0. The quantitative estimate of drug-likeness (QED) is 0.571. The summed E-state index contributed by atoms with van der Waals surface area (Å²) in [5.74, 6) is -2.22. The first-order valence-electron chi connectivity index (χ1n) is 4.83. The molecule has 1 rings (SSSR count). The summed E-state index contributed by atoms with van der Waals surface area (Å²) in [7, 11) is 0. The van der Waals surface area contributed by atoms with Gasteiger partial charge in [0.15, 0.2) is 0 Å². The van der Waals surface area contributed by atoms with Gasteiger partial charge in [0.25, 0.3) is 5.92 Å². The molecule has 0 N–H and O–H groups in total. The minimum Gasteiger partial charge on any atom is -0.207 e. The van der Waals surface area contributed by atoms with E-state index in [1.165, 1.54) is 0 Å². The van der Waals surface area contributed by atoms with Crippen molar-refractivity contribution in [3.8, 4) is 0 Å². The molecular weight excluding hydrogens is 158 g/mol. The summed E-state index contributed by atoms with van der Waals surface area (Å²) in [5, 5.41) is 0. The van der Waals surface area contributed by atoms with E-state index in [4.69, 9.17) is 0 Å². The van der Waals surface area contributed by atoms with Crippen LogP contribution in [-0.2, 0) is 0 Å². The monoisotopic (exact) mass is 176 g/mol. The van der Waals surface area contributed by atoms with E-state index < -0.39 is 11.8 Å². The second-order valence-corrected chi connectivity index (χ2v) is 4.35. The van der Waals surface area contributed by atoms with Gasteiger partial charge in [-0.05, 0) is 24.7 Å². The molecule has 0 unspecified atom stereocenters. The Balaban J connectivity index is 2.66. The molecule has 1 fully saturated rings. The number of halogens is 2. The third-order valence-electron chi connectivity index (χ3n) is 3.21. The van der Waals surface area contributed by atoms with Crippen molar-refractivity contribution in [2.24, 2.45) is 17.8 Å². The molecule has 0 saturated heterocycles. The zero-order valence-corrected chi connectivity index (χ0v) is 8.11. The van der Waals surface area contributed by atoms with Gasteiger partial charge >= 0.3 is 0 Å². The fraction of sp³-hybridized carbons (Fsp3) is 1.00. The van der Waals surface area contributed by atoms with E-state index in [-0.39, 0.29) is 12.3 Å². The Hall–Kier alpha value is -0.140. The summed E-state index contributed by atoms with van der Waals surface area (Å²) >= 11 is 0. The van der Waals surface area contributed by atoms with Crippen LogP contribution in [0.5, 0.6) is 0 Å². The van der Waals surface area contributed by atoms with Crippen molar-refractivity contribution in [1.82, 2.24) is 0 Å². The molecule has 12 heavy (non-hydrogen) atoms. The smallest absolute Gasteiger partial charge is 0.207 e. The van der Waals surface area contributed by atoms with Crippen molar-refractivity contribution in [1.29, 1.82) is 0 Å². The van der Waals surface area contributed by atoms with E-state index in [0.717, 1.165) is 6.42 Å². The maximum atomic E-state index is 13.2. The number of hydrogen-bond donors (Lipinski definition) is 0. The summed E-state index contributed by atoms with van der Waals surface area (Å²) in [6.45, 7) is 5.79. The number of alkyl halides is 2. The maximum absolute atomic E-state index is 13.2. The Labute approximate surface area is 73.3 Å². The third kappa shape index (κ3) is 1.78. The van der Waals surface area contributed by atoms with Gasteiger partial charge in [-0.15, -0.1) is 0 Å². The first-order valence-corrected chi connectivity index (χ1v) is 4.83. The van der Waals surface area contributed by atoms with Gasteiger partial charge in [-0.2, -0.15) is 0 Å². The molecule has 1 aliphatic carbocycles. The largest absolute Gasteiger partial charge is 0.250 e. The van der Waals surface area contributed by atoms with Gasteiger partial charge in [0.1, 0.15) is 0 Å². The van der Waals surface area contributed by atoms with E-state index in [1.807, 2.05) is 13.8 Å². The summed E-state index contributed by atoms with van der Waals surface area (Å²) in [6.07, 6.45) is 1.77. The SMILES string of the molecule is CC(C)[C@@H]1CCCC(F)(F)[C@@H]1C. The fourth-order valence-electron chi connectivity index (χ4n) is 2.28. The highest BCUT2D eigenvalue weighted by molar-refractivity contribution is 4.86. The molecular formula is C10H18F2. The molecule has 1 aliphatic rings. The Morgan fingerprint density at radius 1 is 1.33 bits per heavy atom. The average molecular weight is 176 g/mol. The molecule has 0 aromatic heterocycles. The minimum atomic E-state index is -2.41. The molecule has 0 nitrogen and oxygen atoms in total. The first-order chi connectivity index (χ1) is 5.45. The second-order valence-electron chi connectivity index (χ2n) is 4.35. The third-order valence-corrected chi connectivity index (χ3v) is 3.21. The van der Waals surface area contributed by atoms with Gasteiger partial charge in [0.05, 0.1) is 0 Å². The van der Waals surface area contributed by atoms with Gasteiger partial charge < -0.3 is 0 Å².